The first kappa shape index (κ1) is 8.87. The zero-order valence-electron chi connectivity index (χ0n) is 6.24. The van der Waals surface area contributed by atoms with Gasteiger partial charge in [0.15, 0.2) is 0 Å². The molecule has 5 atom stereocenters. The highest BCUT2D eigenvalue weighted by Crippen LogP contribution is 2.29. The monoisotopic (exact) mass is 166 g/mol. The van der Waals surface area contributed by atoms with Crippen LogP contribution in [0.3, 0.4) is 0 Å². The van der Waals surface area contributed by atoms with E-state index in [1.54, 1.807) is 0 Å². The van der Waals surface area contributed by atoms with Crippen molar-refractivity contribution >= 4 is 0 Å². The first-order valence-electron chi connectivity index (χ1n) is 3.68. The summed E-state index contributed by atoms with van der Waals surface area (Å²) in [6.07, 6.45) is -6.13. The Morgan fingerprint density at radius 2 is 1.73 bits per heavy atom. The second-order valence-corrected chi connectivity index (χ2v) is 3.15. The number of hydrogen-bond donors (Lipinski definition) is 2. The molecule has 2 N–H and O–H groups in total. The molecule has 1 fully saturated rings. The van der Waals surface area contributed by atoms with Crippen LogP contribution in [0.2, 0.25) is 0 Å². The van der Waals surface area contributed by atoms with Gasteiger partial charge in [0, 0.05) is 0 Å². The molecule has 1 aliphatic carbocycles. The quantitative estimate of drug-likeness (QED) is 0.547. The molecule has 1 saturated carbocycles. The van der Waals surface area contributed by atoms with E-state index in [0.717, 1.165) is 0 Å². The predicted octanol–water partition coefficient (Wildman–Crippen LogP) is 0.424. The molecule has 66 valence electrons. The van der Waals surface area contributed by atoms with Crippen LogP contribution in [0.25, 0.3) is 0 Å². The van der Waals surface area contributed by atoms with Crippen molar-refractivity contribution in [3.8, 4) is 0 Å². The number of rotatable bonds is 0. The minimum Gasteiger partial charge on any atom is -0.387 e. The zero-order chi connectivity index (χ0) is 8.59. The van der Waals surface area contributed by atoms with Crippen LogP contribution in [-0.4, -0.2) is 34.8 Å². The normalized spacial score (nSPS) is 52.6. The van der Waals surface area contributed by atoms with Crippen LogP contribution >= 0.6 is 0 Å². The summed E-state index contributed by atoms with van der Waals surface area (Å²) in [4.78, 5) is 0. The summed E-state index contributed by atoms with van der Waals surface area (Å²) < 4.78 is 25.5. The van der Waals surface area contributed by atoms with Crippen LogP contribution in [0, 0.1) is 5.92 Å². The van der Waals surface area contributed by atoms with Gasteiger partial charge in [-0.3, -0.25) is 0 Å². The van der Waals surface area contributed by atoms with Crippen molar-refractivity contribution in [2.24, 2.45) is 5.92 Å². The first-order chi connectivity index (χ1) is 5.04. The summed E-state index contributed by atoms with van der Waals surface area (Å²) in [6.45, 7) is 1.52. The van der Waals surface area contributed by atoms with Crippen molar-refractivity contribution in [2.45, 2.75) is 37.9 Å². The van der Waals surface area contributed by atoms with E-state index in [1.165, 1.54) is 6.92 Å². The Morgan fingerprint density at radius 3 is 2.27 bits per heavy atom. The number of halogens is 2. The minimum absolute atomic E-state index is 0.0145. The molecule has 0 aromatic carbocycles. The fourth-order valence-electron chi connectivity index (χ4n) is 1.36. The van der Waals surface area contributed by atoms with Crippen molar-refractivity contribution in [1.29, 1.82) is 0 Å². The van der Waals surface area contributed by atoms with Gasteiger partial charge < -0.3 is 10.2 Å². The van der Waals surface area contributed by atoms with Gasteiger partial charge in [-0.05, 0) is 12.3 Å². The third-order valence-electron chi connectivity index (χ3n) is 2.19. The third kappa shape index (κ3) is 1.51. The van der Waals surface area contributed by atoms with Gasteiger partial charge in [0.05, 0.1) is 0 Å². The molecule has 1 aliphatic rings. The second kappa shape index (κ2) is 3.03. The van der Waals surface area contributed by atoms with Crippen LogP contribution in [0.4, 0.5) is 8.78 Å². The van der Waals surface area contributed by atoms with E-state index in [9.17, 15) is 8.78 Å². The number of hydrogen-bond acceptors (Lipinski definition) is 2. The molecule has 0 bridgehead atoms. The summed E-state index contributed by atoms with van der Waals surface area (Å²) >= 11 is 0. The molecule has 0 heterocycles. The average molecular weight is 166 g/mol. The van der Waals surface area contributed by atoms with Crippen LogP contribution in [0.1, 0.15) is 13.3 Å². The van der Waals surface area contributed by atoms with Gasteiger partial charge in [-0.2, -0.15) is 0 Å². The SMILES string of the molecule is CC1CC(F)C(O)C(O)C1F. The van der Waals surface area contributed by atoms with E-state index < -0.39 is 30.5 Å². The summed E-state index contributed by atoms with van der Waals surface area (Å²) in [5.41, 5.74) is 0. The molecule has 0 aromatic rings. The minimum atomic E-state index is -1.56. The van der Waals surface area contributed by atoms with Crippen molar-refractivity contribution in [1.82, 2.24) is 0 Å². The van der Waals surface area contributed by atoms with E-state index in [-0.39, 0.29) is 6.42 Å². The molecule has 0 radical (unpaired) electrons. The molecular weight excluding hydrogens is 154 g/mol. The van der Waals surface area contributed by atoms with Gasteiger partial charge in [-0.25, -0.2) is 8.78 Å². The summed E-state index contributed by atoms with van der Waals surface area (Å²) in [5.74, 6) is -0.511. The Balaban J connectivity index is 2.63. The second-order valence-electron chi connectivity index (χ2n) is 3.15. The van der Waals surface area contributed by atoms with E-state index in [4.69, 9.17) is 10.2 Å². The molecule has 4 heteroatoms. The van der Waals surface area contributed by atoms with Gasteiger partial charge in [0.1, 0.15) is 24.6 Å². The van der Waals surface area contributed by atoms with Crippen molar-refractivity contribution in [3.63, 3.8) is 0 Å². The lowest BCUT2D eigenvalue weighted by molar-refractivity contribution is -0.111. The van der Waals surface area contributed by atoms with Gasteiger partial charge >= 0.3 is 0 Å². The van der Waals surface area contributed by atoms with Gasteiger partial charge in [-0.1, -0.05) is 6.92 Å². The van der Waals surface area contributed by atoms with E-state index in [2.05, 4.69) is 0 Å². The lowest BCUT2D eigenvalue weighted by Crippen LogP contribution is -2.49. The molecule has 0 aromatic heterocycles. The molecule has 0 spiro atoms. The molecule has 5 unspecified atom stereocenters. The Morgan fingerprint density at radius 1 is 1.18 bits per heavy atom. The molecule has 0 aliphatic heterocycles. The van der Waals surface area contributed by atoms with Gasteiger partial charge in [0.2, 0.25) is 0 Å². The highest BCUT2D eigenvalue weighted by atomic mass is 19.1. The Kier molecular flexibility index (Phi) is 2.44. The maximum atomic E-state index is 12.8. The van der Waals surface area contributed by atoms with Crippen molar-refractivity contribution < 1.29 is 19.0 Å². The van der Waals surface area contributed by atoms with Crippen LogP contribution < -0.4 is 0 Å². The lowest BCUT2D eigenvalue weighted by Gasteiger charge is -2.33. The summed E-state index contributed by atoms with van der Waals surface area (Å²) in [6, 6.07) is 0. The number of aliphatic hydroxyl groups excluding tert-OH is 2. The van der Waals surface area contributed by atoms with Gasteiger partial charge in [-0.15, -0.1) is 0 Å². The highest BCUT2D eigenvalue weighted by Gasteiger charge is 2.41. The largest absolute Gasteiger partial charge is 0.387 e. The van der Waals surface area contributed by atoms with Gasteiger partial charge in [0.25, 0.3) is 0 Å². The molecular formula is C7H12F2O2. The van der Waals surface area contributed by atoms with E-state index in [0.29, 0.717) is 0 Å². The fraction of sp³-hybridized carbons (Fsp3) is 1.00. The van der Waals surface area contributed by atoms with E-state index in [1.807, 2.05) is 0 Å². The first-order valence-corrected chi connectivity index (χ1v) is 3.68. The topological polar surface area (TPSA) is 40.5 Å². The molecule has 1 rings (SSSR count). The van der Waals surface area contributed by atoms with Crippen molar-refractivity contribution in [3.05, 3.63) is 0 Å². The molecule has 11 heavy (non-hydrogen) atoms. The zero-order valence-corrected chi connectivity index (χ0v) is 6.24. The van der Waals surface area contributed by atoms with Crippen LogP contribution in [-0.2, 0) is 0 Å². The Bertz CT molecular complexity index is 128. The summed E-state index contributed by atoms with van der Waals surface area (Å²) in [7, 11) is 0. The third-order valence-corrected chi connectivity index (χ3v) is 2.19. The molecule has 2 nitrogen and oxygen atoms in total. The number of alkyl halides is 2. The molecule has 0 amide bonds. The van der Waals surface area contributed by atoms with Crippen molar-refractivity contribution in [2.75, 3.05) is 0 Å². The maximum absolute atomic E-state index is 12.8. The Hall–Kier alpha value is -0.220. The smallest absolute Gasteiger partial charge is 0.131 e. The average Bonchev–Trinajstić information content (AvgIpc) is 1.97. The highest BCUT2D eigenvalue weighted by molar-refractivity contribution is 4.91. The maximum Gasteiger partial charge on any atom is 0.131 e. The summed E-state index contributed by atoms with van der Waals surface area (Å²) in [5, 5.41) is 17.8. The van der Waals surface area contributed by atoms with Crippen LogP contribution in [0.5, 0.6) is 0 Å². The Labute approximate surface area is 63.8 Å². The number of aliphatic hydroxyl groups is 2. The van der Waals surface area contributed by atoms with E-state index >= 15 is 0 Å². The lowest BCUT2D eigenvalue weighted by atomic mass is 9.84. The van der Waals surface area contributed by atoms with Crippen LogP contribution in [0.15, 0.2) is 0 Å². The fourth-order valence-corrected chi connectivity index (χ4v) is 1.36. The molecule has 0 saturated heterocycles. The standard InChI is InChI=1S/C7H12F2O2/c1-3-2-4(8)6(10)7(11)5(3)9/h3-7,10-11H,2H2,1H3. The predicted molar refractivity (Wildman–Crippen MR) is 35.6 cm³/mol.